The van der Waals surface area contributed by atoms with E-state index in [1.165, 1.54) is 0 Å². The summed E-state index contributed by atoms with van der Waals surface area (Å²) >= 11 is 0. The molecule has 0 heterocycles. The molecule has 0 spiro atoms. The molecule has 0 aromatic heterocycles. The van der Waals surface area contributed by atoms with Crippen LogP contribution in [0.25, 0.3) is 0 Å². The Morgan fingerprint density at radius 3 is 1.35 bits per heavy atom. The molecule has 2 atom stereocenters. The first-order valence-corrected chi connectivity index (χ1v) is 5.90. The van der Waals surface area contributed by atoms with Gasteiger partial charge in [0.15, 0.2) is 0 Å². The van der Waals surface area contributed by atoms with E-state index in [0.29, 0.717) is 13.1 Å². The number of hydrogen-bond donors (Lipinski definition) is 7. The van der Waals surface area contributed by atoms with Gasteiger partial charge < -0.3 is 36.4 Å². The number of aliphatic hydroxyl groups is 4. The maximum atomic E-state index is 9.02. The van der Waals surface area contributed by atoms with Crippen LogP contribution in [0.15, 0.2) is 0 Å². The zero-order valence-electron chi connectivity index (χ0n) is 10.1. The third-order valence-electron chi connectivity index (χ3n) is 2.14. The lowest BCUT2D eigenvalue weighted by Gasteiger charge is -2.11. The Balaban J connectivity index is 3.04. The Labute approximate surface area is 102 Å². The molecule has 7 heteroatoms. The molecule has 0 aliphatic heterocycles. The van der Waals surface area contributed by atoms with Crippen molar-refractivity contribution >= 4 is 0 Å². The molecular formula is C10H25N3O4. The van der Waals surface area contributed by atoms with Crippen LogP contribution < -0.4 is 16.0 Å². The van der Waals surface area contributed by atoms with Crippen LogP contribution in [0.2, 0.25) is 0 Å². The van der Waals surface area contributed by atoms with Crippen LogP contribution in [0, 0.1) is 0 Å². The van der Waals surface area contributed by atoms with Crippen molar-refractivity contribution in [2.45, 2.75) is 12.2 Å². The normalized spacial score (nSPS) is 14.8. The number of aliphatic hydroxyl groups excluding tert-OH is 4. The molecule has 0 saturated heterocycles. The topological polar surface area (TPSA) is 117 Å². The molecule has 0 aromatic rings. The van der Waals surface area contributed by atoms with Crippen LogP contribution >= 0.6 is 0 Å². The molecule has 17 heavy (non-hydrogen) atoms. The minimum absolute atomic E-state index is 0.225. The van der Waals surface area contributed by atoms with Crippen molar-refractivity contribution in [1.82, 2.24) is 16.0 Å². The summed E-state index contributed by atoms with van der Waals surface area (Å²) in [5.41, 5.74) is 0. The highest BCUT2D eigenvalue weighted by Gasteiger charge is 2.00. The lowest BCUT2D eigenvalue weighted by atomic mass is 10.4. The van der Waals surface area contributed by atoms with Crippen LogP contribution in [0.5, 0.6) is 0 Å². The van der Waals surface area contributed by atoms with E-state index in [1.54, 1.807) is 0 Å². The highest BCUT2D eigenvalue weighted by atomic mass is 16.3. The zero-order chi connectivity index (χ0) is 12.9. The van der Waals surface area contributed by atoms with E-state index in [-0.39, 0.29) is 13.2 Å². The maximum absolute atomic E-state index is 9.02. The molecule has 0 bridgehead atoms. The molecule has 0 fully saturated rings. The van der Waals surface area contributed by atoms with E-state index >= 15 is 0 Å². The predicted octanol–water partition coefficient (Wildman–Crippen LogP) is -3.54. The summed E-state index contributed by atoms with van der Waals surface area (Å²) < 4.78 is 0. The molecule has 0 aromatic carbocycles. The van der Waals surface area contributed by atoms with Crippen LogP contribution in [0.4, 0.5) is 0 Å². The van der Waals surface area contributed by atoms with Gasteiger partial charge in [0.05, 0.1) is 25.4 Å². The van der Waals surface area contributed by atoms with E-state index in [9.17, 15) is 0 Å². The molecular weight excluding hydrogens is 226 g/mol. The predicted molar refractivity (Wildman–Crippen MR) is 64.8 cm³/mol. The summed E-state index contributed by atoms with van der Waals surface area (Å²) in [4.78, 5) is 0. The lowest BCUT2D eigenvalue weighted by Crippen LogP contribution is -2.37. The Bertz CT molecular complexity index is 146. The van der Waals surface area contributed by atoms with Crippen molar-refractivity contribution in [3.05, 3.63) is 0 Å². The average molecular weight is 251 g/mol. The molecule has 0 aliphatic carbocycles. The Morgan fingerprint density at radius 1 is 0.647 bits per heavy atom. The average Bonchev–Trinajstić information content (AvgIpc) is 2.35. The highest BCUT2D eigenvalue weighted by molar-refractivity contribution is 4.60. The van der Waals surface area contributed by atoms with Crippen molar-refractivity contribution in [1.29, 1.82) is 0 Å². The van der Waals surface area contributed by atoms with Crippen molar-refractivity contribution in [2.75, 3.05) is 52.5 Å². The van der Waals surface area contributed by atoms with Crippen LogP contribution in [0.1, 0.15) is 0 Å². The summed E-state index contributed by atoms with van der Waals surface area (Å²) in [6, 6.07) is 0. The zero-order valence-corrected chi connectivity index (χ0v) is 10.1. The summed E-state index contributed by atoms with van der Waals surface area (Å²) in [5.74, 6) is 0. The van der Waals surface area contributed by atoms with Crippen molar-refractivity contribution in [2.24, 2.45) is 0 Å². The molecule has 104 valence electrons. The summed E-state index contributed by atoms with van der Waals surface area (Å²) in [6.45, 7) is 3.30. The van der Waals surface area contributed by atoms with Gasteiger partial charge in [0.25, 0.3) is 0 Å². The first kappa shape index (κ1) is 16.7. The van der Waals surface area contributed by atoms with Gasteiger partial charge in [-0.05, 0) is 0 Å². The van der Waals surface area contributed by atoms with Crippen LogP contribution in [-0.4, -0.2) is 85.1 Å². The molecule has 7 N–H and O–H groups in total. The summed E-state index contributed by atoms with van der Waals surface area (Å²) in [5, 5.41) is 44.3. The summed E-state index contributed by atoms with van der Waals surface area (Å²) in [6.07, 6.45) is -1.40. The first-order valence-electron chi connectivity index (χ1n) is 5.90. The minimum atomic E-state index is -0.698. The van der Waals surface area contributed by atoms with E-state index in [0.717, 1.165) is 26.2 Å². The Hall–Kier alpha value is -0.280. The molecule has 0 rings (SSSR count). The molecule has 0 aliphatic rings. The molecule has 7 nitrogen and oxygen atoms in total. The SMILES string of the molecule is OCC(O)CNCCNCCNCC(O)CO. The number of hydrogen-bond acceptors (Lipinski definition) is 7. The second-order valence-corrected chi connectivity index (χ2v) is 3.83. The second kappa shape index (κ2) is 12.2. The molecule has 2 unspecified atom stereocenters. The maximum Gasteiger partial charge on any atom is 0.0894 e. The lowest BCUT2D eigenvalue weighted by molar-refractivity contribution is 0.0943. The van der Waals surface area contributed by atoms with Gasteiger partial charge in [-0.25, -0.2) is 0 Å². The molecule has 0 saturated carbocycles. The molecule has 0 amide bonds. The van der Waals surface area contributed by atoms with Crippen LogP contribution in [-0.2, 0) is 0 Å². The van der Waals surface area contributed by atoms with E-state index in [4.69, 9.17) is 20.4 Å². The monoisotopic (exact) mass is 251 g/mol. The number of nitrogens with one attached hydrogen (secondary N) is 3. The fourth-order valence-electron chi connectivity index (χ4n) is 1.15. The van der Waals surface area contributed by atoms with Gasteiger partial charge >= 0.3 is 0 Å². The van der Waals surface area contributed by atoms with Crippen molar-refractivity contribution < 1.29 is 20.4 Å². The third kappa shape index (κ3) is 12.0. The fraction of sp³-hybridized carbons (Fsp3) is 1.00. The second-order valence-electron chi connectivity index (χ2n) is 3.83. The van der Waals surface area contributed by atoms with E-state index in [2.05, 4.69) is 16.0 Å². The smallest absolute Gasteiger partial charge is 0.0894 e. The standard InChI is InChI=1S/C10H25N3O4/c14-7-9(16)5-12-3-1-11-2-4-13-6-10(17)8-15/h9-17H,1-8H2. The first-order chi connectivity index (χ1) is 8.20. The van der Waals surface area contributed by atoms with Gasteiger partial charge in [0, 0.05) is 39.3 Å². The van der Waals surface area contributed by atoms with Gasteiger partial charge in [0.2, 0.25) is 0 Å². The largest absolute Gasteiger partial charge is 0.394 e. The van der Waals surface area contributed by atoms with Gasteiger partial charge in [-0.1, -0.05) is 0 Å². The third-order valence-corrected chi connectivity index (χ3v) is 2.14. The molecule has 0 radical (unpaired) electrons. The minimum Gasteiger partial charge on any atom is -0.394 e. The fourth-order valence-corrected chi connectivity index (χ4v) is 1.15. The van der Waals surface area contributed by atoms with Gasteiger partial charge in [-0.15, -0.1) is 0 Å². The van der Waals surface area contributed by atoms with Gasteiger partial charge in [-0.3, -0.25) is 0 Å². The van der Waals surface area contributed by atoms with Gasteiger partial charge in [-0.2, -0.15) is 0 Å². The Morgan fingerprint density at radius 2 is 1.00 bits per heavy atom. The quantitative estimate of drug-likeness (QED) is 0.180. The highest BCUT2D eigenvalue weighted by Crippen LogP contribution is 1.76. The van der Waals surface area contributed by atoms with E-state index < -0.39 is 12.2 Å². The van der Waals surface area contributed by atoms with Crippen molar-refractivity contribution in [3.63, 3.8) is 0 Å². The number of rotatable bonds is 12. The van der Waals surface area contributed by atoms with E-state index in [1.807, 2.05) is 0 Å². The van der Waals surface area contributed by atoms with Gasteiger partial charge in [0.1, 0.15) is 0 Å². The van der Waals surface area contributed by atoms with Crippen LogP contribution in [0.3, 0.4) is 0 Å². The Kier molecular flexibility index (Phi) is 12.0. The summed E-state index contributed by atoms with van der Waals surface area (Å²) in [7, 11) is 0. The van der Waals surface area contributed by atoms with Crippen molar-refractivity contribution in [3.8, 4) is 0 Å².